The molecule has 0 radical (unpaired) electrons. The monoisotopic (exact) mass is 202 g/mol. The Kier molecular flexibility index (Phi) is 3.68. The van der Waals surface area contributed by atoms with E-state index in [1.165, 1.54) is 0 Å². The van der Waals surface area contributed by atoms with Crippen LogP contribution in [0.5, 0.6) is 0 Å². The lowest BCUT2D eigenvalue weighted by atomic mass is 9.60. The van der Waals surface area contributed by atoms with Crippen molar-refractivity contribution in [3.05, 3.63) is 0 Å². The number of halogens is 1. The molecule has 0 aliphatic heterocycles. The van der Waals surface area contributed by atoms with Gasteiger partial charge in [0.05, 0.1) is 0 Å². The predicted molar refractivity (Wildman–Crippen MR) is 60.0 cm³/mol. The van der Waals surface area contributed by atoms with Crippen LogP contribution in [-0.2, 0) is 0 Å². The Labute approximate surface area is 88.1 Å². The molecule has 0 N–H and O–H groups in total. The standard InChI is InChI=1S/C12H23Cl/c1-7-8(2)10(4)12(6-13)11(5)9(7)3/h7-12H,6H2,1-5H3. The van der Waals surface area contributed by atoms with E-state index in [1.807, 2.05) is 0 Å². The van der Waals surface area contributed by atoms with Gasteiger partial charge in [-0.3, -0.25) is 0 Å². The van der Waals surface area contributed by atoms with Crippen LogP contribution >= 0.6 is 11.6 Å². The van der Waals surface area contributed by atoms with Crippen LogP contribution in [0.1, 0.15) is 34.6 Å². The van der Waals surface area contributed by atoms with E-state index in [1.54, 1.807) is 0 Å². The van der Waals surface area contributed by atoms with Gasteiger partial charge in [-0.2, -0.15) is 0 Å². The largest absolute Gasteiger partial charge is 0.126 e. The second kappa shape index (κ2) is 4.21. The van der Waals surface area contributed by atoms with E-state index in [9.17, 15) is 0 Å². The van der Waals surface area contributed by atoms with Gasteiger partial charge in [0, 0.05) is 5.88 Å². The Bertz CT molecular complexity index is 151. The zero-order valence-corrected chi connectivity index (χ0v) is 10.3. The molecule has 0 amide bonds. The maximum absolute atomic E-state index is 6.05. The number of hydrogen-bond donors (Lipinski definition) is 0. The Balaban J connectivity index is 2.79. The minimum absolute atomic E-state index is 0.725. The minimum Gasteiger partial charge on any atom is -0.126 e. The van der Waals surface area contributed by atoms with Gasteiger partial charge in [-0.25, -0.2) is 0 Å². The van der Waals surface area contributed by atoms with Crippen LogP contribution in [0.4, 0.5) is 0 Å². The van der Waals surface area contributed by atoms with Gasteiger partial charge in [0.2, 0.25) is 0 Å². The third-order valence-corrected chi connectivity index (χ3v) is 5.20. The Morgan fingerprint density at radius 2 is 1.00 bits per heavy atom. The summed E-state index contributed by atoms with van der Waals surface area (Å²) >= 11 is 6.05. The van der Waals surface area contributed by atoms with E-state index in [4.69, 9.17) is 11.6 Å². The highest BCUT2D eigenvalue weighted by Crippen LogP contribution is 2.45. The summed E-state index contributed by atoms with van der Waals surface area (Å²) in [7, 11) is 0. The van der Waals surface area contributed by atoms with Crippen molar-refractivity contribution in [2.75, 3.05) is 5.88 Å². The first-order valence-electron chi connectivity index (χ1n) is 5.56. The maximum atomic E-state index is 6.05. The highest BCUT2D eigenvalue weighted by atomic mass is 35.5. The van der Waals surface area contributed by atoms with E-state index in [2.05, 4.69) is 34.6 Å². The van der Waals surface area contributed by atoms with Crippen LogP contribution in [0.3, 0.4) is 0 Å². The van der Waals surface area contributed by atoms with Crippen molar-refractivity contribution in [1.29, 1.82) is 0 Å². The average Bonchev–Trinajstić information content (AvgIpc) is 2.13. The van der Waals surface area contributed by atoms with Crippen LogP contribution in [0.2, 0.25) is 0 Å². The topological polar surface area (TPSA) is 0 Å². The fraction of sp³-hybridized carbons (Fsp3) is 1.00. The Morgan fingerprint density at radius 1 is 0.692 bits per heavy atom. The molecule has 0 bridgehead atoms. The van der Waals surface area contributed by atoms with Crippen LogP contribution in [0.15, 0.2) is 0 Å². The highest BCUT2D eigenvalue weighted by Gasteiger charge is 2.40. The molecule has 4 atom stereocenters. The molecule has 0 aromatic heterocycles. The first-order chi connectivity index (χ1) is 6.00. The molecule has 4 unspecified atom stereocenters. The summed E-state index contributed by atoms with van der Waals surface area (Å²) < 4.78 is 0. The molecule has 1 saturated carbocycles. The van der Waals surface area contributed by atoms with Gasteiger partial charge in [-0.1, -0.05) is 34.6 Å². The smallest absolute Gasteiger partial charge is 0.0257 e. The molecular formula is C12H23Cl. The van der Waals surface area contributed by atoms with Gasteiger partial charge in [0.1, 0.15) is 0 Å². The van der Waals surface area contributed by atoms with Crippen molar-refractivity contribution in [3.8, 4) is 0 Å². The van der Waals surface area contributed by atoms with Crippen LogP contribution in [0, 0.1) is 35.5 Å². The molecule has 0 aromatic carbocycles. The molecule has 13 heavy (non-hydrogen) atoms. The van der Waals surface area contributed by atoms with Crippen molar-refractivity contribution < 1.29 is 0 Å². The Hall–Kier alpha value is 0.290. The predicted octanol–water partition coefficient (Wildman–Crippen LogP) is 4.04. The van der Waals surface area contributed by atoms with E-state index in [0.29, 0.717) is 0 Å². The quantitative estimate of drug-likeness (QED) is 0.564. The molecule has 1 aliphatic carbocycles. The summed E-state index contributed by atoms with van der Waals surface area (Å²) in [6.07, 6.45) is 0. The molecule has 1 fully saturated rings. The first-order valence-corrected chi connectivity index (χ1v) is 6.10. The lowest BCUT2D eigenvalue weighted by Crippen LogP contribution is -2.41. The molecule has 0 aromatic rings. The van der Waals surface area contributed by atoms with Crippen LogP contribution in [0.25, 0.3) is 0 Å². The van der Waals surface area contributed by atoms with E-state index >= 15 is 0 Å². The lowest BCUT2D eigenvalue weighted by molar-refractivity contribution is 0.0320. The van der Waals surface area contributed by atoms with Crippen LogP contribution < -0.4 is 0 Å². The van der Waals surface area contributed by atoms with Gasteiger partial charge in [-0.05, 0) is 35.5 Å². The fourth-order valence-corrected chi connectivity index (χ4v) is 3.54. The zero-order valence-electron chi connectivity index (χ0n) is 9.55. The van der Waals surface area contributed by atoms with Crippen molar-refractivity contribution in [3.63, 3.8) is 0 Å². The minimum atomic E-state index is 0.725. The third kappa shape index (κ3) is 1.88. The van der Waals surface area contributed by atoms with Crippen molar-refractivity contribution in [2.45, 2.75) is 34.6 Å². The fourth-order valence-electron chi connectivity index (χ4n) is 2.98. The average molecular weight is 203 g/mol. The molecule has 1 aliphatic rings. The second-order valence-electron chi connectivity index (χ2n) is 5.11. The van der Waals surface area contributed by atoms with E-state index in [-0.39, 0.29) is 0 Å². The summed E-state index contributed by atoms with van der Waals surface area (Å²) in [5.41, 5.74) is 0. The summed E-state index contributed by atoms with van der Waals surface area (Å²) in [5.74, 6) is 5.65. The van der Waals surface area contributed by atoms with Gasteiger partial charge in [0.25, 0.3) is 0 Å². The highest BCUT2D eigenvalue weighted by molar-refractivity contribution is 6.18. The Morgan fingerprint density at radius 3 is 1.31 bits per heavy atom. The third-order valence-electron chi connectivity index (χ3n) is 4.85. The van der Waals surface area contributed by atoms with Gasteiger partial charge in [0.15, 0.2) is 0 Å². The van der Waals surface area contributed by atoms with E-state index < -0.39 is 0 Å². The lowest BCUT2D eigenvalue weighted by Gasteiger charge is -2.46. The summed E-state index contributed by atoms with van der Waals surface area (Å²) in [5, 5.41) is 0. The maximum Gasteiger partial charge on any atom is 0.0257 e. The summed E-state index contributed by atoms with van der Waals surface area (Å²) in [6, 6.07) is 0. The molecule has 78 valence electrons. The molecule has 0 spiro atoms. The summed E-state index contributed by atoms with van der Waals surface area (Å²) in [4.78, 5) is 0. The second-order valence-corrected chi connectivity index (χ2v) is 5.42. The van der Waals surface area contributed by atoms with Crippen LogP contribution in [-0.4, -0.2) is 5.88 Å². The number of alkyl halides is 1. The molecular weight excluding hydrogens is 180 g/mol. The SMILES string of the molecule is CC1C(C)C(C)C(CCl)C(C)C1C. The van der Waals surface area contributed by atoms with Crippen molar-refractivity contribution >= 4 is 11.6 Å². The normalized spacial score (nSPS) is 52.2. The van der Waals surface area contributed by atoms with Crippen molar-refractivity contribution in [1.82, 2.24) is 0 Å². The number of rotatable bonds is 1. The molecule has 0 heterocycles. The van der Waals surface area contributed by atoms with Gasteiger partial charge >= 0.3 is 0 Å². The summed E-state index contributed by atoms with van der Waals surface area (Å²) in [6.45, 7) is 11.9. The molecule has 0 saturated heterocycles. The van der Waals surface area contributed by atoms with Gasteiger partial charge in [-0.15, -0.1) is 11.6 Å². The van der Waals surface area contributed by atoms with Crippen molar-refractivity contribution in [2.24, 2.45) is 35.5 Å². The molecule has 1 heteroatoms. The zero-order chi connectivity index (χ0) is 10.2. The van der Waals surface area contributed by atoms with Gasteiger partial charge < -0.3 is 0 Å². The molecule has 0 nitrogen and oxygen atoms in total. The first kappa shape index (κ1) is 11.4. The van der Waals surface area contributed by atoms with E-state index in [0.717, 1.165) is 41.4 Å². The number of hydrogen-bond acceptors (Lipinski definition) is 0. The molecule has 1 rings (SSSR count).